The number of benzene rings is 1. The molecule has 2 aromatic rings. The van der Waals surface area contributed by atoms with Gasteiger partial charge in [0.05, 0.1) is 17.1 Å². The Kier molecular flexibility index (Phi) is 3.78. The van der Waals surface area contributed by atoms with Gasteiger partial charge in [0.1, 0.15) is 5.82 Å². The van der Waals surface area contributed by atoms with Crippen LogP contribution in [-0.4, -0.2) is 13.6 Å². The maximum Gasteiger partial charge on any atom is 0.241 e. The van der Waals surface area contributed by atoms with Gasteiger partial charge >= 0.3 is 0 Å². The Bertz CT molecular complexity index is 740. The highest BCUT2D eigenvalue weighted by atomic mass is 32.2. The van der Waals surface area contributed by atoms with Crippen LogP contribution in [0.25, 0.3) is 0 Å². The largest absolute Gasteiger partial charge is 0.399 e. The lowest BCUT2D eigenvalue weighted by atomic mass is 10.2. The van der Waals surface area contributed by atoms with Gasteiger partial charge in [-0.2, -0.15) is 0 Å². The van der Waals surface area contributed by atoms with E-state index in [1.54, 1.807) is 13.0 Å². The van der Waals surface area contributed by atoms with Crippen LogP contribution < -0.4 is 10.5 Å². The van der Waals surface area contributed by atoms with Crippen molar-refractivity contribution in [2.75, 3.05) is 5.73 Å². The topological polar surface area (TPSA) is 98.2 Å². The summed E-state index contributed by atoms with van der Waals surface area (Å²) >= 11 is 0. The van der Waals surface area contributed by atoms with Crippen molar-refractivity contribution in [2.24, 2.45) is 0 Å². The third-order valence-electron chi connectivity index (χ3n) is 2.72. The van der Waals surface area contributed by atoms with Gasteiger partial charge in [-0.3, -0.25) is 0 Å². The lowest BCUT2D eigenvalue weighted by molar-refractivity contribution is 0.377. The maximum atomic E-state index is 13.5. The predicted octanol–water partition coefficient (Wildman–Crippen LogP) is 1.49. The van der Waals surface area contributed by atoms with E-state index in [0.29, 0.717) is 11.5 Å². The quantitative estimate of drug-likeness (QED) is 0.833. The summed E-state index contributed by atoms with van der Waals surface area (Å²) in [6, 6.07) is 3.90. The molecule has 3 N–H and O–H groups in total. The van der Waals surface area contributed by atoms with Gasteiger partial charge in [-0.1, -0.05) is 5.16 Å². The van der Waals surface area contributed by atoms with Crippen molar-refractivity contribution in [1.82, 2.24) is 9.88 Å². The molecule has 0 fully saturated rings. The fraction of sp³-hybridized carbons (Fsp3) is 0.250. The van der Waals surface area contributed by atoms with Crippen LogP contribution in [0.5, 0.6) is 0 Å². The summed E-state index contributed by atoms with van der Waals surface area (Å²) in [6.07, 6.45) is 0. The number of aryl methyl sites for hydroxylation is 1. The SMILES string of the molecule is Cc1cc(CNS(=O)(=O)c2cc(N)cc(F)c2C)on1. The van der Waals surface area contributed by atoms with Gasteiger partial charge in [-0.25, -0.2) is 17.5 Å². The first-order valence-corrected chi connectivity index (χ1v) is 7.25. The number of hydrogen-bond donors (Lipinski definition) is 2. The first-order valence-electron chi connectivity index (χ1n) is 5.77. The Morgan fingerprint density at radius 1 is 1.35 bits per heavy atom. The number of nitrogens with zero attached hydrogens (tertiary/aromatic N) is 1. The predicted molar refractivity (Wildman–Crippen MR) is 70.8 cm³/mol. The lowest BCUT2D eigenvalue weighted by Crippen LogP contribution is -2.24. The fourth-order valence-corrected chi connectivity index (χ4v) is 2.98. The number of halogens is 1. The molecule has 20 heavy (non-hydrogen) atoms. The van der Waals surface area contributed by atoms with Crippen LogP contribution in [-0.2, 0) is 16.6 Å². The van der Waals surface area contributed by atoms with E-state index in [4.69, 9.17) is 10.3 Å². The molecular weight excluding hydrogens is 285 g/mol. The van der Waals surface area contributed by atoms with Crippen molar-refractivity contribution in [3.63, 3.8) is 0 Å². The Balaban J connectivity index is 2.27. The molecule has 108 valence electrons. The smallest absolute Gasteiger partial charge is 0.241 e. The maximum absolute atomic E-state index is 13.5. The minimum atomic E-state index is -3.88. The molecule has 6 nitrogen and oxygen atoms in total. The monoisotopic (exact) mass is 299 g/mol. The van der Waals surface area contributed by atoms with Crippen LogP contribution in [0.4, 0.5) is 10.1 Å². The number of sulfonamides is 1. The zero-order chi connectivity index (χ0) is 14.9. The Labute approximate surface area is 115 Å². The summed E-state index contributed by atoms with van der Waals surface area (Å²) in [7, 11) is -3.88. The van der Waals surface area contributed by atoms with Gasteiger partial charge < -0.3 is 10.3 Å². The number of hydrogen-bond acceptors (Lipinski definition) is 5. The molecule has 0 atom stereocenters. The first kappa shape index (κ1) is 14.5. The van der Waals surface area contributed by atoms with Crippen LogP contribution in [0.15, 0.2) is 27.6 Å². The summed E-state index contributed by atoms with van der Waals surface area (Å²) < 4.78 is 45.0. The van der Waals surface area contributed by atoms with E-state index in [1.807, 2.05) is 0 Å². The van der Waals surface area contributed by atoms with E-state index in [9.17, 15) is 12.8 Å². The third kappa shape index (κ3) is 2.97. The second-order valence-electron chi connectivity index (χ2n) is 4.39. The van der Waals surface area contributed by atoms with Crippen molar-refractivity contribution >= 4 is 15.7 Å². The van der Waals surface area contributed by atoms with Gasteiger partial charge in [0.2, 0.25) is 10.0 Å². The van der Waals surface area contributed by atoms with Crippen LogP contribution in [0.2, 0.25) is 0 Å². The molecule has 0 amide bonds. The van der Waals surface area contributed by atoms with Gasteiger partial charge in [0.25, 0.3) is 0 Å². The second kappa shape index (κ2) is 5.22. The molecule has 0 saturated carbocycles. The number of aromatic nitrogens is 1. The molecule has 0 saturated heterocycles. The molecule has 1 aromatic carbocycles. The summed E-state index contributed by atoms with van der Waals surface area (Å²) in [6.45, 7) is 3.03. The van der Waals surface area contributed by atoms with E-state index in [1.165, 1.54) is 13.0 Å². The fourth-order valence-electron chi connectivity index (χ4n) is 1.70. The van der Waals surface area contributed by atoms with E-state index in [2.05, 4.69) is 9.88 Å². The number of rotatable bonds is 4. The number of anilines is 1. The molecule has 1 heterocycles. The first-order chi connectivity index (χ1) is 9.29. The highest BCUT2D eigenvalue weighted by Crippen LogP contribution is 2.21. The molecule has 0 unspecified atom stereocenters. The van der Waals surface area contributed by atoms with Crippen molar-refractivity contribution < 1.29 is 17.3 Å². The molecule has 8 heteroatoms. The van der Waals surface area contributed by atoms with E-state index < -0.39 is 15.8 Å². The number of nitrogens with two attached hydrogens (primary N) is 1. The minimum absolute atomic E-state index is 0.0143. The summed E-state index contributed by atoms with van der Waals surface area (Å²) in [4.78, 5) is -0.189. The Morgan fingerprint density at radius 2 is 2.05 bits per heavy atom. The standard InChI is InChI=1S/C12H14FN3O3S/c1-7-3-10(19-16-7)6-15-20(17,18)12-5-9(14)4-11(13)8(12)2/h3-5,15H,6,14H2,1-2H3. The van der Waals surface area contributed by atoms with E-state index >= 15 is 0 Å². The summed E-state index contributed by atoms with van der Waals surface area (Å²) in [5.74, 6) is -0.297. The molecule has 0 spiro atoms. The number of nitrogens with one attached hydrogen (secondary N) is 1. The zero-order valence-electron chi connectivity index (χ0n) is 11.0. The highest BCUT2D eigenvalue weighted by Gasteiger charge is 2.20. The highest BCUT2D eigenvalue weighted by molar-refractivity contribution is 7.89. The van der Waals surface area contributed by atoms with Crippen molar-refractivity contribution in [3.05, 3.63) is 41.0 Å². The lowest BCUT2D eigenvalue weighted by Gasteiger charge is -2.10. The number of nitrogen functional groups attached to an aromatic ring is 1. The molecule has 0 aliphatic rings. The summed E-state index contributed by atoms with van der Waals surface area (Å²) in [5, 5.41) is 3.65. The average molecular weight is 299 g/mol. The Morgan fingerprint density at radius 3 is 2.65 bits per heavy atom. The minimum Gasteiger partial charge on any atom is -0.399 e. The van der Waals surface area contributed by atoms with E-state index in [0.717, 1.165) is 6.07 Å². The van der Waals surface area contributed by atoms with Gasteiger partial charge in [-0.05, 0) is 26.0 Å². The molecule has 0 bridgehead atoms. The van der Waals surface area contributed by atoms with Crippen molar-refractivity contribution in [1.29, 1.82) is 0 Å². The van der Waals surface area contributed by atoms with Crippen LogP contribution in [0.3, 0.4) is 0 Å². The van der Waals surface area contributed by atoms with Crippen LogP contribution in [0.1, 0.15) is 17.0 Å². The second-order valence-corrected chi connectivity index (χ2v) is 6.12. The molecule has 2 rings (SSSR count). The Hall–Kier alpha value is -1.93. The summed E-state index contributed by atoms with van der Waals surface area (Å²) in [5.41, 5.74) is 6.18. The van der Waals surface area contributed by atoms with Crippen LogP contribution in [0, 0.1) is 19.7 Å². The molecule has 1 aromatic heterocycles. The molecule has 0 radical (unpaired) electrons. The average Bonchev–Trinajstić information content (AvgIpc) is 2.77. The molecule has 0 aliphatic heterocycles. The van der Waals surface area contributed by atoms with E-state index in [-0.39, 0.29) is 22.7 Å². The third-order valence-corrected chi connectivity index (χ3v) is 4.25. The van der Waals surface area contributed by atoms with Gasteiger partial charge in [-0.15, -0.1) is 0 Å². The molecule has 0 aliphatic carbocycles. The zero-order valence-corrected chi connectivity index (χ0v) is 11.8. The van der Waals surface area contributed by atoms with Crippen molar-refractivity contribution in [3.8, 4) is 0 Å². The van der Waals surface area contributed by atoms with Crippen LogP contribution >= 0.6 is 0 Å². The molecular formula is C12H14FN3O3S. The van der Waals surface area contributed by atoms with Gasteiger partial charge in [0.15, 0.2) is 5.76 Å². The van der Waals surface area contributed by atoms with Crippen molar-refractivity contribution in [2.45, 2.75) is 25.3 Å². The van der Waals surface area contributed by atoms with Gasteiger partial charge in [0, 0.05) is 17.3 Å². The normalized spacial score (nSPS) is 11.8.